The molecule has 1 aromatic heterocycles. The molecule has 0 bridgehead atoms. The summed E-state index contributed by atoms with van der Waals surface area (Å²) in [6.07, 6.45) is 2.18. The Kier molecular flexibility index (Phi) is 3.70. The number of amides is 1. The van der Waals surface area contributed by atoms with Gasteiger partial charge in [-0.3, -0.25) is 4.79 Å². The lowest BCUT2D eigenvalue weighted by Crippen LogP contribution is -2.17. The van der Waals surface area contributed by atoms with Gasteiger partial charge < -0.3 is 11.1 Å². The van der Waals surface area contributed by atoms with E-state index < -0.39 is 23.6 Å². The average Bonchev–Trinajstić information content (AvgIpc) is 2.88. The van der Waals surface area contributed by atoms with Crippen molar-refractivity contribution in [3.63, 3.8) is 0 Å². The van der Waals surface area contributed by atoms with Crippen molar-refractivity contribution in [1.82, 2.24) is 4.98 Å². The Hall–Kier alpha value is -2.21. The van der Waals surface area contributed by atoms with Crippen molar-refractivity contribution < 1.29 is 13.6 Å². The summed E-state index contributed by atoms with van der Waals surface area (Å²) in [6.45, 7) is 0. The van der Waals surface area contributed by atoms with Crippen molar-refractivity contribution >= 4 is 23.2 Å². The number of nitrogens with one attached hydrogen (secondary N) is 1. The predicted molar refractivity (Wildman–Crippen MR) is 78.8 cm³/mol. The molecule has 114 valence electrons. The molecule has 2 aromatic rings. The van der Waals surface area contributed by atoms with Gasteiger partial charge in [-0.25, -0.2) is 13.8 Å². The fourth-order valence-electron chi connectivity index (χ4n) is 2.75. The Morgan fingerprint density at radius 2 is 2.09 bits per heavy atom. The average molecular weight is 324 g/mol. The van der Waals surface area contributed by atoms with Gasteiger partial charge in [-0.15, -0.1) is 0 Å². The molecule has 4 nitrogen and oxygen atoms in total. The highest BCUT2D eigenvalue weighted by molar-refractivity contribution is 6.29. The maximum atomic E-state index is 14.0. The van der Waals surface area contributed by atoms with Crippen molar-refractivity contribution in [2.75, 3.05) is 5.32 Å². The largest absolute Gasteiger partial charge is 0.377 e. The molecule has 3 rings (SSSR count). The summed E-state index contributed by atoms with van der Waals surface area (Å²) < 4.78 is 27.8. The van der Waals surface area contributed by atoms with Gasteiger partial charge in [0.2, 0.25) is 0 Å². The molecule has 0 aliphatic heterocycles. The normalized spacial score (nSPS) is 16.4. The van der Waals surface area contributed by atoms with Crippen LogP contribution in [-0.2, 0) is 6.42 Å². The highest BCUT2D eigenvalue weighted by Crippen LogP contribution is 2.37. The second-order valence-electron chi connectivity index (χ2n) is 5.07. The molecular weight excluding hydrogens is 312 g/mol. The maximum absolute atomic E-state index is 14.0. The summed E-state index contributed by atoms with van der Waals surface area (Å²) in [7, 11) is 0. The third kappa shape index (κ3) is 2.50. The third-order valence-corrected chi connectivity index (χ3v) is 3.95. The van der Waals surface area contributed by atoms with E-state index in [1.165, 1.54) is 12.3 Å². The quantitative estimate of drug-likeness (QED) is 0.852. The van der Waals surface area contributed by atoms with E-state index in [-0.39, 0.29) is 16.3 Å². The Labute approximate surface area is 130 Å². The van der Waals surface area contributed by atoms with Crippen LogP contribution in [0.3, 0.4) is 0 Å². The molecule has 3 N–H and O–H groups in total. The minimum absolute atomic E-state index is 0.148. The summed E-state index contributed by atoms with van der Waals surface area (Å²) in [6, 6.07) is 3.20. The molecule has 0 saturated carbocycles. The Balaban J connectivity index is 1.99. The molecule has 1 unspecified atom stereocenters. The molecule has 22 heavy (non-hydrogen) atoms. The predicted octanol–water partition coefficient (Wildman–Crippen LogP) is 3.21. The van der Waals surface area contributed by atoms with Crippen molar-refractivity contribution in [3.8, 4) is 0 Å². The van der Waals surface area contributed by atoms with E-state index in [1.54, 1.807) is 0 Å². The van der Waals surface area contributed by atoms with E-state index in [2.05, 4.69) is 10.3 Å². The van der Waals surface area contributed by atoms with Gasteiger partial charge >= 0.3 is 0 Å². The fourth-order valence-corrected chi connectivity index (χ4v) is 2.91. The van der Waals surface area contributed by atoms with Crippen molar-refractivity contribution in [3.05, 3.63) is 57.9 Å². The van der Waals surface area contributed by atoms with Gasteiger partial charge in [-0.05, 0) is 36.6 Å². The first-order chi connectivity index (χ1) is 10.5. The highest BCUT2D eigenvalue weighted by atomic mass is 35.5. The topological polar surface area (TPSA) is 68.0 Å². The van der Waals surface area contributed by atoms with Crippen LogP contribution in [0.2, 0.25) is 5.15 Å². The second kappa shape index (κ2) is 5.53. The van der Waals surface area contributed by atoms with Crippen molar-refractivity contribution in [1.29, 1.82) is 0 Å². The number of fused-ring (bicyclic) bond motifs is 1. The molecule has 0 saturated heterocycles. The SMILES string of the molecule is NC(=O)c1cnc(Cl)cc1NC1CCc2c(F)ccc(F)c21. The molecule has 0 spiro atoms. The summed E-state index contributed by atoms with van der Waals surface area (Å²) in [5.74, 6) is -1.58. The Morgan fingerprint density at radius 3 is 2.82 bits per heavy atom. The van der Waals surface area contributed by atoms with Crippen LogP contribution in [0.4, 0.5) is 14.5 Å². The van der Waals surface area contributed by atoms with Crippen LogP contribution in [-0.4, -0.2) is 10.9 Å². The zero-order valence-corrected chi connectivity index (χ0v) is 12.1. The molecule has 1 aliphatic carbocycles. The fraction of sp³-hybridized carbons (Fsp3) is 0.200. The third-order valence-electron chi connectivity index (χ3n) is 3.74. The number of carbonyl (C=O) groups excluding carboxylic acids is 1. The number of rotatable bonds is 3. The summed E-state index contributed by atoms with van der Waals surface area (Å²) in [5, 5.41) is 3.20. The van der Waals surface area contributed by atoms with E-state index in [0.717, 1.165) is 12.1 Å². The van der Waals surface area contributed by atoms with E-state index in [9.17, 15) is 13.6 Å². The Morgan fingerprint density at radius 1 is 1.36 bits per heavy atom. The molecule has 1 aliphatic rings. The number of hydrogen-bond donors (Lipinski definition) is 2. The van der Waals surface area contributed by atoms with Crippen molar-refractivity contribution in [2.24, 2.45) is 5.73 Å². The first-order valence-corrected chi connectivity index (χ1v) is 7.04. The van der Waals surface area contributed by atoms with Gasteiger partial charge in [0.15, 0.2) is 0 Å². The Bertz CT molecular complexity index is 767. The standard InChI is InChI=1S/C15H12ClF2N3O/c16-13-5-12(8(6-20-13)15(19)22)21-11-4-1-7-9(17)2-3-10(18)14(7)11/h2-3,5-6,11H,1,4H2,(H2,19,22)(H,20,21). The first kappa shape index (κ1) is 14.7. The van der Waals surface area contributed by atoms with Crippen LogP contribution in [0, 0.1) is 11.6 Å². The van der Waals surface area contributed by atoms with Crippen molar-refractivity contribution in [2.45, 2.75) is 18.9 Å². The zero-order chi connectivity index (χ0) is 15.9. The molecule has 1 heterocycles. The van der Waals surface area contributed by atoms with E-state index in [0.29, 0.717) is 24.1 Å². The number of carbonyl (C=O) groups is 1. The number of nitrogens with two attached hydrogens (primary N) is 1. The van der Waals surface area contributed by atoms with E-state index in [4.69, 9.17) is 17.3 Å². The number of primary amides is 1. The lowest BCUT2D eigenvalue weighted by atomic mass is 10.1. The minimum atomic E-state index is -0.676. The van der Waals surface area contributed by atoms with Gasteiger partial charge in [0, 0.05) is 11.8 Å². The van der Waals surface area contributed by atoms with Crippen LogP contribution in [0.1, 0.15) is 33.9 Å². The summed E-state index contributed by atoms with van der Waals surface area (Å²) in [5.41, 5.74) is 6.44. The van der Waals surface area contributed by atoms with Crippen LogP contribution < -0.4 is 11.1 Å². The van der Waals surface area contributed by atoms with Gasteiger partial charge in [0.25, 0.3) is 5.91 Å². The summed E-state index contributed by atoms with van der Waals surface area (Å²) in [4.78, 5) is 15.2. The minimum Gasteiger partial charge on any atom is -0.377 e. The van der Waals surface area contributed by atoms with Crippen LogP contribution in [0.5, 0.6) is 0 Å². The first-order valence-electron chi connectivity index (χ1n) is 6.66. The van der Waals surface area contributed by atoms with Crippen LogP contribution in [0.25, 0.3) is 0 Å². The lowest BCUT2D eigenvalue weighted by Gasteiger charge is -2.18. The van der Waals surface area contributed by atoms with Crippen LogP contribution in [0.15, 0.2) is 24.4 Å². The second-order valence-corrected chi connectivity index (χ2v) is 5.46. The molecule has 1 aromatic carbocycles. The molecule has 0 fully saturated rings. The number of benzene rings is 1. The smallest absolute Gasteiger partial charge is 0.252 e. The van der Waals surface area contributed by atoms with Gasteiger partial charge in [0.05, 0.1) is 17.3 Å². The molecule has 7 heteroatoms. The number of nitrogens with zero attached hydrogens (tertiary/aromatic N) is 1. The van der Waals surface area contributed by atoms with Gasteiger partial charge in [-0.1, -0.05) is 11.6 Å². The van der Waals surface area contributed by atoms with Crippen LogP contribution >= 0.6 is 11.6 Å². The molecule has 0 radical (unpaired) electrons. The highest BCUT2D eigenvalue weighted by Gasteiger charge is 2.29. The number of anilines is 1. The molecular formula is C15H12ClF2N3O. The van der Waals surface area contributed by atoms with E-state index >= 15 is 0 Å². The molecule has 1 amide bonds. The van der Waals surface area contributed by atoms with Gasteiger partial charge in [0.1, 0.15) is 16.8 Å². The monoisotopic (exact) mass is 323 g/mol. The summed E-state index contributed by atoms with van der Waals surface area (Å²) >= 11 is 5.83. The number of hydrogen-bond acceptors (Lipinski definition) is 3. The van der Waals surface area contributed by atoms with Gasteiger partial charge in [-0.2, -0.15) is 0 Å². The lowest BCUT2D eigenvalue weighted by molar-refractivity contribution is 0.100. The maximum Gasteiger partial charge on any atom is 0.252 e. The number of pyridine rings is 1. The number of aromatic nitrogens is 1. The van der Waals surface area contributed by atoms with E-state index in [1.807, 2.05) is 0 Å². The molecule has 1 atom stereocenters. The zero-order valence-electron chi connectivity index (χ0n) is 11.4. The number of halogens is 3.